The molecule has 2 heterocycles. The second-order valence-electron chi connectivity index (χ2n) is 7.05. The molecule has 1 aromatic heterocycles. The molecule has 0 spiro atoms. The zero-order valence-corrected chi connectivity index (χ0v) is 16.2. The third-order valence-electron chi connectivity index (χ3n) is 5.26. The lowest BCUT2D eigenvalue weighted by Gasteiger charge is -2.43. The van der Waals surface area contributed by atoms with Crippen LogP contribution in [0.15, 0.2) is 36.5 Å². The monoisotopic (exact) mass is 362 g/mol. The number of amides is 1. The summed E-state index contributed by atoms with van der Waals surface area (Å²) in [5.41, 5.74) is 4.29. The zero-order valence-electron chi connectivity index (χ0n) is 16.2. The van der Waals surface area contributed by atoms with E-state index in [1.54, 1.807) is 13.3 Å². The molecule has 0 radical (unpaired) electrons. The fourth-order valence-corrected chi connectivity index (χ4v) is 3.98. The Morgan fingerprint density at radius 3 is 2.85 bits per heavy atom. The maximum Gasteiger partial charge on any atom is 0.299 e. The van der Waals surface area contributed by atoms with Crippen molar-refractivity contribution in [2.24, 2.45) is 0 Å². The van der Waals surface area contributed by atoms with Crippen molar-refractivity contribution < 1.29 is 9.53 Å². The Balaban J connectivity index is 2.17. The van der Waals surface area contributed by atoms with Crippen molar-refractivity contribution in [2.75, 3.05) is 7.11 Å². The van der Waals surface area contributed by atoms with Gasteiger partial charge in [0.25, 0.3) is 5.91 Å². The van der Waals surface area contributed by atoms with Crippen LogP contribution in [-0.4, -0.2) is 28.9 Å². The smallest absolute Gasteiger partial charge is 0.299 e. The van der Waals surface area contributed by atoms with Crippen LogP contribution in [0, 0.1) is 19.3 Å². The second-order valence-corrected chi connectivity index (χ2v) is 7.05. The van der Waals surface area contributed by atoms with Crippen molar-refractivity contribution in [1.82, 2.24) is 9.88 Å². The van der Waals surface area contributed by atoms with Crippen LogP contribution < -0.4 is 4.74 Å². The van der Waals surface area contributed by atoms with Crippen LogP contribution in [0.2, 0.25) is 0 Å². The molecule has 1 aliphatic heterocycles. The van der Waals surface area contributed by atoms with Gasteiger partial charge in [-0.2, -0.15) is 0 Å². The normalized spacial score (nSPS) is 18.5. The number of carbonyl (C=O) groups is 1. The lowest BCUT2D eigenvalue weighted by atomic mass is 9.83. The third kappa shape index (κ3) is 3.83. The molecule has 1 aromatic carbocycles. The van der Waals surface area contributed by atoms with Gasteiger partial charge in [-0.1, -0.05) is 25.8 Å². The van der Waals surface area contributed by atoms with E-state index in [0.29, 0.717) is 0 Å². The summed E-state index contributed by atoms with van der Waals surface area (Å²) in [4.78, 5) is 19.0. The lowest BCUT2D eigenvalue weighted by Crippen LogP contribution is -2.47. The summed E-state index contributed by atoms with van der Waals surface area (Å²) in [5.74, 6) is 2.94. The average Bonchev–Trinajstić information content (AvgIpc) is 2.69. The number of ether oxygens (including phenoxy) is 1. The molecule has 0 fully saturated rings. The molecule has 1 amide bonds. The molecule has 140 valence electrons. The van der Waals surface area contributed by atoms with Gasteiger partial charge in [-0.25, -0.2) is 0 Å². The fourth-order valence-electron chi connectivity index (χ4n) is 3.98. The van der Waals surface area contributed by atoms with E-state index in [9.17, 15) is 4.79 Å². The van der Waals surface area contributed by atoms with Crippen molar-refractivity contribution in [1.29, 1.82) is 0 Å². The van der Waals surface area contributed by atoms with Crippen molar-refractivity contribution in [3.05, 3.63) is 58.9 Å². The number of hydrogen-bond donors (Lipinski definition) is 0. The largest absolute Gasteiger partial charge is 0.497 e. The Morgan fingerprint density at radius 2 is 2.19 bits per heavy atom. The highest BCUT2D eigenvalue weighted by molar-refractivity contribution is 5.94. The molecule has 2 atom stereocenters. The molecular formula is C23H26N2O2. The van der Waals surface area contributed by atoms with Gasteiger partial charge in [-0.05, 0) is 66.6 Å². The first-order valence-corrected chi connectivity index (χ1v) is 9.47. The van der Waals surface area contributed by atoms with Crippen molar-refractivity contribution in [2.45, 2.75) is 51.6 Å². The minimum Gasteiger partial charge on any atom is -0.497 e. The van der Waals surface area contributed by atoms with Crippen LogP contribution in [0.3, 0.4) is 0 Å². The number of methoxy groups -OCH3 is 1. The van der Waals surface area contributed by atoms with E-state index >= 15 is 0 Å². The maximum absolute atomic E-state index is 12.8. The van der Waals surface area contributed by atoms with Crippen molar-refractivity contribution in [3.63, 3.8) is 0 Å². The predicted octanol–water partition coefficient (Wildman–Crippen LogP) is 4.06. The molecule has 2 aromatic rings. The fraction of sp³-hybridized carbons (Fsp3) is 0.391. The van der Waals surface area contributed by atoms with E-state index in [-0.39, 0.29) is 18.0 Å². The number of rotatable bonds is 5. The van der Waals surface area contributed by atoms with Gasteiger partial charge in [-0.15, -0.1) is 6.42 Å². The topological polar surface area (TPSA) is 42.4 Å². The van der Waals surface area contributed by atoms with E-state index in [4.69, 9.17) is 11.2 Å². The number of hydrogen-bond acceptors (Lipinski definition) is 3. The summed E-state index contributed by atoms with van der Waals surface area (Å²) in [6.45, 7) is 4.13. The molecule has 0 bridgehead atoms. The molecule has 0 saturated carbocycles. The van der Waals surface area contributed by atoms with Gasteiger partial charge in [-0.3, -0.25) is 9.78 Å². The second kappa shape index (κ2) is 8.26. The van der Waals surface area contributed by atoms with Crippen LogP contribution >= 0.6 is 0 Å². The molecule has 27 heavy (non-hydrogen) atoms. The Bertz CT molecular complexity index is 869. The van der Waals surface area contributed by atoms with Crippen LogP contribution in [-0.2, 0) is 11.2 Å². The van der Waals surface area contributed by atoms with Gasteiger partial charge in [0.15, 0.2) is 0 Å². The SMILES string of the molecule is C#CC(=O)N1[C@@H](CCCC)Cc2cc(OC)ccc2[C@H]1c1ccnc(C)c1. The van der Waals surface area contributed by atoms with E-state index in [2.05, 4.69) is 30.0 Å². The number of aromatic nitrogens is 1. The number of carbonyl (C=O) groups excluding carboxylic acids is 1. The number of fused-ring (bicyclic) bond motifs is 1. The van der Waals surface area contributed by atoms with Crippen LogP contribution in [0.25, 0.3) is 0 Å². The first-order chi connectivity index (χ1) is 13.1. The summed E-state index contributed by atoms with van der Waals surface area (Å²) >= 11 is 0. The summed E-state index contributed by atoms with van der Waals surface area (Å²) in [6.07, 6.45) is 11.2. The first kappa shape index (κ1) is 19.0. The number of pyridine rings is 1. The van der Waals surface area contributed by atoms with Crippen LogP contribution in [0.4, 0.5) is 0 Å². The maximum atomic E-state index is 12.8. The summed E-state index contributed by atoms with van der Waals surface area (Å²) < 4.78 is 5.43. The number of aryl methyl sites for hydroxylation is 1. The minimum absolute atomic E-state index is 0.0755. The highest BCUT2D eigenvalue weighted by Gasteiger charge is 2.37. The molecule has 4 nitrogen and oxygen atoms in total. The summed E-state index contributed by atoms with van der Waals surface area (Å²) in [6, 6.07) is 9.99. The standard InChI is InChI=1S/C23H26N2O2/c1-5-7-8-19-14-18-15-20(27-4)9-10-21(18)23(25(19)22(26)6-2)17-11-12-24-16(3)13-17/h2,9-13,15,19,23H,5,7-8,14H2,1,3-4H3/t19-,23+/m0/s1. The molecule has 0 aliphatic carbocycles. The molecule has 0 saturated heterocycles. The van der Waals surface area contributed by atoms with Gasteiger partial charge < -0.3 is 9.64 Å². The number of terminal acetylenes is 1. The van der Waals surface area contributed by atoms with Gasteiger partial charge in [0, 0.05) is 17.9 Å². The van der Waals surface area contributed by atoms with Gasteiger partial charge in [0.1, 0.15) is 5.75 Å². The minimum atomic E-state index is -0.253. The van der Waals surface area contributed by atoms with E-state index < -0.39 is 0 Å². The molecule has 4 heteroatoms. The number of nitrogens with zero attached hydrogens (tertiary/aromatic N) is 2. The van der Waals surface area contributed by atoms with Crippen molar-refractivity contribution >= 4 is 5.91 Å². The molecule has 1 aliphatic rings. The Kier molecular flexibility index (Phi) is 5.81. The first-order valence-electron chi connectivity index (χ1n) is 9.47. The van der Waals surface area contributed by atoms with Crippen molar-refractivity contribution in [3.8, 4) is 18.1 Å². The highest BCUT2D eigenvalue weighted by atomic mass is 16.5. The van der Waals surface area contributed by atoms with Gasteiger partial charge in [0.05, 0.1) is 13.2 Å². The predicted molar refractivity (Wildman–Crippen MR) is 107 cm³/mol. The molecule has 0 unspecified atom stereocenters. The molecule has 3 rings (SSSR count). The summed E-state index contributed by atoms with van der Waals surface area (Å²) in [5, 5.41) is 0. The quantitative estimate of drug-likeness (QED) is 0.753. The van der Waals surface area contributed by atoms with Gasteiger partial charge >= 0.3 is 0 Å². The summed E-state index contributed by atoms with van der Waals surface area (Å²) in [7, 11) is 1.68. The Morgan fingerprint density at radius 1 is 1.37 bits per heavy atom. The highest BCUT2D eigenvalue weighted by Crippen LogP contribution is 2.40. The Hall–Kier alpha value is -2.80. The average molecular weight is 362 g/mol. The van der Waals surface area contributed by atoms with E-state index in [1.807, 2.05) is 30.0 Å². The zero-order chi connectivity index (χ0) is 19.4. The van der Waals surface area contributed by atoms with Crippen LogP contribution in [0.5, 0.6) is 5.75 Å². The molecule has 0 N–H and O–H groups in total. The van der Waals surface area contributed by atoms with Crippen LogP contribution in [0.1, 0.15) is 54.6 Å². The Labute approximate surface area is 161 Å². The molecular weight excluding hydrogens is 336 g/mol. The van der Waals surface area contributed by atoms with E-state index in [1.165, 1.54) is 5.56 Å². The number of unbranched alkanes of at least 4 members (excludes halogenated alkanes) is 1. The third-order valence-corrected chi connectivity index (χ3v) is 5.26. The lowest BCUT2D eigenvalue weighted by molar-refractivity contribution is -0.130. The van der Waals surface area contributed by atoms with E-state index in [0.717, 1.165) is 48.3 Å². The number of benzene rings is 1. The van der Waals surface area contributed by atoms with Gasteiger partial charge in [0.2, 0.25) is 0 Å².